The van der Waals surface area contributed by atoms with E-state index in [0.717, 1.165) is 0 Å². The average Bonchev–Trinajstić information content (AvgIpc) is 2.09. The first-order chi connectivity index (χ1) is 6.06. The number of benzene rings is 1. The van der Waals surface area contributed by atoms with E-state index in [9.17, 15) is 10.1 Å². The van der Waals surface area contributed by atoms with Crippen LogP contribution >= 0.6 is 23.2 Å². The van der Waals surface area contributed by atoms with Gasteiger partial charge in [0.2, 0.25) is 0 Å². The summed E-state index contributed by atoms with van der Waals surface area (Å²) >= 11 is 11.3. The van der Waals surface area contributed by atoms with Crippen molar-refractivity contribution < 1.29 is 4.92 Å². The summed E-state index contributed by atoms with van der Waals surface area (Å²) in [5, 5.41) is 10.6. The van der Waals surface area contributed by atoms with E-state index < -0.39 is 4.92 Å². The molecular formula is C7H6Cl2N2O2. The second-order valence-corrected chi connectivity index (χ2v) is 3.16. The highest BCUT2D eigenvalue weighted by Crippen LogP contribution is 2.32. The molecule has 0 saturated carbocycles. The number of nitro benzene ring substituents is 1. The van der Waals surface area contributed by atoms with Crippen LogP contribution in [0.15, 0.2) is 12.1 Å². The highest BCUT2D eigenvalue weighted by atomic mass is 35.5. The van der Waals surface area contributed by atoms with Crippen molar-refractivity contribution in [2.24, 2.45) is 5.73 Å². The molecule has 2 N–H and O–H groups in total. The molecule has 0 fully saturated rings. The minimum absolute atomic E-state index is 0.0520. The average molecular weight is 221 g/mol. The van der Waals surface area contributed by atoms with Gasteiger partial charge in [-0.1, -0.05) is 23.2 Å². The maximum atomic E-state index is 10.5. The molecule has 1 rings (SSSR count). The van der Waals surface area contributed by atoms with Crippen LogP contribution in [0.3, 0.4) is 0 Å². The van der Waals surface area contributed by atoms with Gasteiger partial charge >= 0.3 is 0 Å². The van der Waals surface area contributed by atoms with Gasteiger partial charge in [0.25, 0.3) is 5.69 Å². The van der Waals surface area contributed by atoms with Gasteiger partial charge in [0, 0.05) is 12.6 Å². The molecular weight excluding hydrogens is 215 g/mol. The summed E-state index contributed by atoms with van der Waals surface area (Å²) in [7, 11) is 0. The topological polar surface area (TPSA) is 69.2 Å². The zero-order valence-electron chi connectivity index (χ0n) is 6.46. The Morgan fingerprint density at radius 3 is 2.54 bits per heavy atom. The van der Waals surface area contributed by atoms with E-state index in [-0.39, 0.29) is 22.3 Å². The molecule has 4 nitrogen and oxygen atoms in total. The molecule has 1 aromatic rings. The maximum absolute atomic E-state index is 10.5. The van der Waals surface area contributed by atoms with Crippen LogP contribution < -0.4 is 5.73 Å². The summed E-state index contributed by atoms with van der Waals surface area (Å²) in [6.45, 7) is 0.192. The number of nitrogens with zero attached hydrogens (tertiary/aromatic N) is 1. The fraction of sp³-hybridized carbons (Fsp3) is 0.143. The van der Waals surface area contributed by atoms with Gasteiger partial charge in [-0.25, -0.2) is 0 Å². The van der Waals surface area contributed by atoms with Gasteiger partial charge in [0.15, 0.2) is 0 Å². The van der Waals surface area contributed by atoms with E-state index in [0.29, 0.717) is 5.56 Å². The molecule has 0 heterocycles. The van der Waals surface area contributed by atoms with E-state index in [1.54, 1.807) is 0 Å². The maximum Gasteiger partial charge on any atom is 0.289 e. The van der Waals surface area contributed by atoms with E-state index in [2.05, 4.69) is 0 Å². The molecule has 70 valence electrons. The lowest BCUT2D eigenvalue weighted by Gasteiger charge is -2.01. The summed E-state index contributed by atoms with van der Waals surface area (Å²) in [5.74, 6) is 0. The third-order valence-electron chi connectivity index (χ3n) is 1.50. The minimum atomic E-state index is -0.590. The minimum Gasteiger partial charge on any atom is -0.326 e. The smallest absolute Gasteiger partial charge is 0.289 e. The fourth-order valence-corrected chi connectivity index (χ4v) is 1.29. The van der Waals surface area contributed by atoms with Gasteiger partial charge < -0.3 is 5.73 Å². The predicted octanol–water partition coefficient (Wildman–Crippen LogP) is 2.36. The Labute approximate surface area is 84.4 Å². The standard InChI is InChI=1S/C7H6Cl2N2O2/c8-5-1-4(3-10)2-6(7(5)9)11(12)13/h1-2H,3,10H2. The lowest BCUT2D eigenvalue weighted by Crippen LogP contribution is -1.98. The number of nitrogens with two attached hydrogens (primary N) is 1. The van der Waals surface area contributed by atoms with Crippen LogP contribution in [-0.2, 0) is 6.54 Å². The summed E-state index contributed by atoms with van der Waals surface area (Å²) < 4.78 is 0. The lowest BCUT2D eigenvalue weighted by molar-refractivity contribution is -0.384. The molecule has 0 aliphatic carbocycles. The molecule has 13 heavy (non-hydrogen) atoms. The van der Waals surface area contributed by atoms with Crippen LogP contribution in [0.4, 0.5) is 5.69 Å². The molecule has 0 amide bonds. The van der Waals surface area contributed by atoms with Crippen molar-refractivity contribution in [2.75, 3.05) is 0 Å². The van der Waals surface area contributed by atoms with E-state index in [4.69, 9.17) is 28.9 Å². The van der Waals surface area contributed by atoms with Crippen molar-refractivity contribution in [3.05, 3.63) is 37.9 Å². The van der Waals surface area contributed by atoms with Crippen molar-refractivity contribution in [3.8, 4) is 0 Å². The lowest BCUT2D eigenvalue weighted by atomic mass is 10.2. The molecule has 0 bridgehead atoms. The second-order valence-electron chi connectivity index (χ2n) is 2.37. The molecule has 0 atom stereocenters. The van der Waals surface area contributed by atoms with E-state index in [1.165, 1.54) is 12.1 Å². The zero-order valence-corrected chi connectivity index (χ0v) is 7.97. The first-order valence-electron chi connectivity index (χ1n) is 3.38. The van der Waals surface area contributed by atoms with Crippen LogP contribution in [0.2, 0.25) is 10.0 Å². The van der Waals surface area contributed by atoms with Gasteiger partial charge in [0.1, 0.15) is 5.02 Å². The van der Waals surface area contributed by atoms with Crippen molar-refractivity contribution in [1.82, 2.24) is 0 Å². The number of rotatable bonds is 2. The van der Waals surface area contributed by atoms with Crippen LogP contribution in [0.5, 0.6) is 0 Å². The Balaban J connectivity index is 3.33. The van der Waals surface area contributed by atoms with Gasteiger partial charge in [-0.15, -0.1) is 0 Å². The Hall–Kier alpha value is -0.840. The molecule has 0 radical (unpaired) electrons. The highest BCUT2D eigenvalue weighted by molar-refractivity contribution is 6.43. The number of hydrogen-bond acceptors (Lipinski definition) is 3. The third-order valence-corrected chi connectivity index (χ3v) is 2.29. The monoisotopic (exact) mass is 220 g/mol. The first-order valence-corrected chi connectivity index (χ1v) is 4.14. The molecule has 0 spiro atoms. The normalized spacial score (nSPS) is 10.1. The summed E-state index contributed by atoms with van der Waals surface area (Å²) in [6.07, 6.45) is 0. The van der Waals surface area contributed by atoms with Crippen molar-refractivity contribution in [1.29, 1.82) is 0 Å². The molecule has 0 saturated heterocycles. The van der Waals surface area contributed by atoms with Crippen molar-refractivity contribution in [2.45, 2.75) is 6.54 Å². The fourth-order valence-electron chi connectivity index (χ4n) is 0.880. The SMILES string of the molecule is NCc1cc(Cl)c(Cl)c([N+](=O)[O-])c1. The van der Waals surface area contributed by atoms with Gasteiger partial charge in [-0.3, -0.25) is 10.1 Å². The van der Waals surface area contributed by atoms with E-state index in [1.807, 2.05) is 0 Å². The van der Waals surface area contributed by atoms with Gasteiger partial charge in [-0.2, -0.15) is 0 Å². The Morgan fingerprint density at radius 1 is 1.46 bits per heavy atom. The second kappa shape index (κ2) is 3.91. The van der Waals surface area contributed by atoms with Crippen molar-refractivity contribution in [3.63, 3.8) is 0 Å². The molecule has 0 aromatic heterocycles. The molecule has 0 unspecified atom stereocenters. The summed E-state index contributed by atoms with van der Waals surface area (Å²) in [4.78, 5) is 9.87. The predicted molar refractivity (Wildman–Crippen MR) is 51.0 cm³/mol. The van der Waals surface area contributed by atoms with Gasteiger partial charge in [-0.05, 0) is 11.6 Å². The Morgan fingerprint density at radius 2 is 2.08 bits per heavy atom. The number of hydrogen-bond donors (Lipinski definition) is 1. The molecule has 0 aliphatic rings. The van der Waals surface area contributed by atoms with E-state index >= 15 is 0 Å². The summed E-state index contributed by atoms with van der Waals surface area (Å²) in [5.41, 5.74) is 5.68. The zero-order chi connectivity index (χ0) is 10.0. The number of halogens is 2. The Kier molecular flexibility index (Phi) is 3.08. The van der Waals surface area contributed by atoms with Crippen LogP contribution in [-0.4, -0.2) is 4.92 Å². The van der Waals surface area contributed by atoms with Crippen LogP contribution in [0.25, 0.3) is 0 Å². The highest BCUT2D eigenvalue weighted by Gasteiger charge is 2.16. The van der Waals surface area contributed by atoms with Gasteiger partial charge in [0.05, 0.1) is 9.95 Å². The molecule has 6 heteroatoms. The first kappa shape index (κ1) is 10.2. The van der Waals surface area contributed by atoms with Crippen molar-refractivity contribution >= 4 is 28.9 Å². The Bertz CT molecular complexity index is 355. The number of nitro groups is 1. The molecule has 1 aromatic carbocycles. The summed E-state index contributed by atoms with van der Waals surface area (Å²) in [6, 6.07) is 2.82. The van der Waals surface area contributed by atoms with Crippen LogP contribution in [0.1, 0.15) is 5.56 Å². The van der Waals surface area contributed by atoms with Crippen LogP contribution in [0, 0.1) is 10.1 Å². The largest absolute Gasteiger partial charge is 0.326 e. The quantitative estimate of drug-likeness (QED) is 0.615. The third kappa shape index (κ3) is 2.09. The molecule has 0 aliphatic heterocycles.